The first-order valence-electron chi connectivity index (χ1n) is 7.63. The zero-order valence-corrected chi connectivity index (χ0v) is 13.3. The molecule has 0 amide bonds. The molecule has 3 heteroatoms. The predicted octanol–water partition coefficient (Wildman–Crippen LogP) is 3.40. The fraction of sp³-hybridized carbons (Fsp3) is 0.500. The Hall–Kier alpha value is -1.61. The van der Waals surface area contributed by atoms with Gasteiger partial charge >= 0.3 is 0 Å². The van der Waals surface area contributed by atoms with Gasteiger partial charge in [-0.15, -0.1) is 0 Å². The van der Waals surface area contributed by atoms with Gasteiger partial charge in [0.15, 0.2) is 5.78 Å². The van der Waals surface area contributed by atoms with Crippen molar-refractivity contribution in [3.8, 4) is 5.75 Å². The number of ketones is 1. The number of allylic oxidation sites excluding steroid dienone is 1. The van der Waals surface area contributed by atoms with E-state index in [4.69, 9.17) is 4.74 Å². The number of benzene rings is 1. The van der Waals surface area contributed by atoms with Crippen LogP contribution in [-0.2, 0) is 4.79 Å². The fourth-order valence-electron chi connectivity index (χ4n) is 2.91. The van der Waals surface area contributed by atoms with Crippen LogP contribution in [0.1, 0.15) is 31.2 Å². The largest absolute Gasteiger partial charge is 0.497 e. The number of carbonyl (C=O) groups excluding carboxylic acids is 1. The van der Waals surface area contributed by atoms with Gasteiger partial charge in [-0.1, -0.05) is 18.6 Å². The van der Waals surface area contributed by atoms with Crippen LogP contribution in [0.15, 0.2) is 29.8 Å². The Kier molecular flexibility index (Phi) is 5.57. The highest BCUT2D eigenvalue weighted by molar-refractivity contribution is 6.01. The summed E-state index contributed by atoms with van der Waals surface area (Å²) in [5.41, 5.74) is 2.01. The lowest BCUT2D eigenvalue weighted by atomic mass is 9.94. The van der Waals surface area contributed by atoms with Crippen LogP contribution in [0.2, 0.25) is 0 Å². The molecule has 1 fully saturated rings. The van der Waals surface area contributed by atoms with E-state index in [0.717, 1.165) is 49.1 Å². The SMILES string of the molecule is COc1cccc(C=C2CCCCC(CN(C)C)C2=O)c1. The smallest absolute Gasteiger partial charge is 0.163 e. The van der Waals surface area contributed by atoms with Crippen molar-refractivity contribution < 1.29 is 9.53 Å². The average Bonchev–Trinajstić information content (AvgIpc) is 2.63. The predicted molar refractivity (Wildman–Crippen MR) is 86.5 cm³/mol. The van der Waals surface area contributed by atoms with Crippen molar-refractivity contribution in [1.29, 1.82) is 0 Å². The van der Waals surface area contributed by atoms with E-state index in [1.807, 2.05) is 44.4 Å². The van der Waals surface area contributed by atoms with Crippen LogP contribution in [-0.4, -0.2) is 38.4 Å². The molecule has 0 heterocycles. The standard InChI is InChI=1S/C18H25NO2/c1-19(2)13-16-9-5-4-8-15(18(16)20)11-14-7-6-10-17(12-14)21-3/h6-7,10-12,16H,4-5,8-9,13H2,1-3H3. The molecular formula is C18H25NO2. The topological polar surface area (TPSA) is 29.5 Å². The van der Waals surface area contributed by atoms with Crippen LogP contribution in [0.4, 0.5) is 0 Å². The lowest BCUT2D eigenvalue weighted by Crippen LogP contribution is -2.27. The highest BCUT2D eigenvalue weighted by Crippen LogP contribution is 2.27. The van der Waals surface area contributed by atoms with Crippen LogP contribution < -0.4 is 4.74 Å². The molecule has 0 N–H and O–H groups in total. The second-order valence-electron chi connectivity index (χ2n) is 6.02. The molecule has 0 aromatic heterocycles. The Morgan fingerprint density at radius 2 is 2.14 bits per heavy atom. The van der Waals surface area contributed by atoms with E-state index in [-0.39, 0.29) is 5.92 Å². The summed E-state index contributed by atoms with van der Waals surface area (Å²) in [4.78, 5) is 14.8. The van der Waals surface area contributed by atoms with Crippen LogP contribution in [0, 0.1) is 5.92 Å². The Balaban J connectivity index is 2.22. The lowest BCUT2D eigenvalue weighted by molar-refractivity contribution is -0.119. The zero-order valence-electron chi connectivity index (χ0n) is 13.3. The molecule has 1 atom stereocenters. The van der Waals surface area contributed by atoms with E-state index >= 15 is 0 Å². The molecule has 21 heavy (non-hydrogen) atoms. The van der Waals surface area contributed by atoms with E-state index < -0.39 is 0 Å². The van der Waals surface area contributed by atoms with Crippen LogP contribution in [0.25, 0.3) is 6.08 Å². The number of hydrogen-bond acceptors (Lipinski definition) is 3. The number of Topliss-reactive ketones (excluding diaryl/α,β-unsaturated/α-hetero) is 1. The number of ether oxygens (including phenoxy) is 1. The number of nitrogens with zero attached hydrogens (tertiary/aromatic N) is 1. The minimum absolute atomic E-state index is 0.138. The van der Waals surface area contributed by atoms with Crippen molar-refractivity contribution >= 4 is 11.9 Å². The normalized spacial score (nSPS) is 21.6. The molecule has 0 bridgehead atoms. The second kappa shape index (κ2) is 7.41. The van der Waals surface area contributed by atoms with Crippen LogP contribution >= 0.6 is 0 Å². The van der Waals surface area contributed by atoms with Gasteiger partial charge in [0.1, 0.15) is 5.75 Å². The first kappa shape index (κ1) is 15.8. The molecule has 1 aromatic rings. The maximum absolute atomic E-state index is 12.7. The molecule has 2 rings (SSSR count). The van der Waals surface area contributed by atoms with Crippen LogP contribution in [0.5, 0.6) is 5.75 Å². The summed E-state index contributed by atoms with van der Waals surface area (Å²) < 4.78 is 5.25. The van der Waals surface area contributed by atoms with Gasteiger partial charge in [0.05, 0.1) is 7.11 Å². The molecule has 0 saturated heterocycles. The minimum Gasteiger partial charge on any atom is -0.497 e. The quantitative estimate of drug-likeness (QED) is 0.628. The third kappa shape index (κ3) is 4.43. The summed E-state index contributed by atoms with van der Waals surface area (Å²) in [7, 11) is 5.73. The highest BCUT2D eigenvalue weighted by atomic mass is 16.5. The molecule has 114 valence electrons. The van der Waals surface area contributed by atoms with Gasteiger partial charge in [-0.05, 0) is 62.7 Å². The van der Waals surface area contributed by atoms with E-state index in [0.29, 0.717) is 5.78 Å². The molecule has 1 unspecified atom stereocenters. The summed E-state index contributed by atoms with van der Waals surface area (Å²) in [6.07, 6.45) is 6.18. The van der Waals surface area contributed by atoms with Crippen molar-refractivity contribution in [3.05, 3.63) is 35.4 Å². The van der Waals surface area contributed by atoms with Gasteiger partial charge in [0, 0.05) is 12.5 Å². The number of methoxy groups -OCH3 is 1. The fourth-order valence-corrected chi connectivity index (χ4v) is 2.91. The Bertz CT molecular complexity index is 520. The lowest BCUT2D eigenvalue weighted by Gasteiger charge is -2.18. The Morgan fingerprint density at radius 3 is 2.86 bits per heavy atom. The van der Waals surface area contributed by atoms with Crippen LogP contribution in [0.3, 0.4) is 0 Å². The maximum atomic E-state index is 12.7. The highest BCUT2D eigenvalue weighted by Gasteiger charge is 2.25. The molecular weight excluding hydrogens is 262 g/mol. The summed E-state index contributed by atoms with van der Waals surface area (Å²) in [6, 6.07) is 7.89. The Morgan fingerprint density at radius 1 is 1.33 bits per heavy atom. The van der Waals surface area contributed by atoms with Crippen molar-refractivity contribution in [1.82, 2.24) is 4.90 Å². The van der Waals surface area contributed by atoms with Gasteiger partial charge < -0.3 is 9.64 Å². The molecule has 3 nitrogen and oxygen atoms in total. The van der Waals surface area contributed by atoms with Crippen molar-refractivity contribution in [2.45, 2.75) is 25.7 Å². The number of rotatable bonds is 4. The number of carbonyl (C=O) groups is 1. The third-order valence-corrected chi connectivity index (χ3v) is 3.96. The van der Waals surface area contributed by atoms with E-state index in [9.17, 15) is 4.79 Å². The second-order valence-corrected chi connectivity index (χ2v) is 6.02. The molecule has 0 aliphatic heterocycles. The van der Waals surface area contributed by atoms with Gasteiger partial charge in [-0.3, -0.25) is 4.79 Å². The van der Waals surface area contributed by atoms with Gasteiger partial charge in [0.25, 0.3) is 0 Å². The van der Waals surface area contributed by atoms with E-state index in [1.165, 1.54) is 0 Å². The average molecular weight is 287 g/mol. The molecule has 0 radical (unpaired) electrons. The minimum atomic E-state index is 0.138. The summed E-state index contributed by atoms with van der Waals surface area (Å²) >= 11 is 0. The maximum Gasteiger partial charge on any atom is 0.163 e. The zero-order chi connectivity index (χ0) is 15.2. The van der Waals surface area contributed by atoms with E-state index in [1.54, 1.807) is 7.11 Å². The molecule has 1 aliphatic carbocycles. The Labute approximate surface area is 127 Å². The molecule has 1 aromatic carbocycles. The molecule has 1 saturated carbocycles. The van der Waals surface area contributed by atoms with Crippen molar-refractivity contribution in [2.24, 2.45) is 5.92 Å². The van der Waals surface area contributed by atoms with E-state index in [2.05, 4.69) is 4.90 Å². The summed E-state index contributed by atoms with van der Waals surface area (Å²) in [5, 5.41) is 0. The van der Waals surface area contributed by atoms with Gasteiger partial charge in [-0.25, -0.2) is 0 Å². The van der Waals surface area contributed by atoms with Gasteiger partial charge in [0.2, 0.25) is 0 Å². The third-order valence-electron chi connectivity index (χ3n) is 3.96. The first-order chi connectivity index (χ1) is 10.1. The molecule has 1 aliphatic rings. The molecule has 0 spiro atoms. The summed E-state index contributed by atoms with van der Waals surface area (Å²) in [6.45, 7) is 0.842. The van der Waals surface area contributed by atoms with Gasteiger partial charge in [-0.2, -0.15) is 0 Å². The first-order valence-corrected chi connectivity index (χ1v) is 7.63. The summed E-state index contributed by atoms with van der Waals surface area (Å²) in [5.74, 6) is 1.29. The monoisotopic (exact) mass is 287 g/mol. The van der Waals surface area contributed by atoms with Crippen molar-refractivity contribution in [3.63, 3.8) is 0 Å². The number of hydrogen-bond donors (Lipinski definition) is 0. The van der Waals surface area contributed by atoms with Crippen molar-refractivity contribution in [2.75, 3.05) is 27.7 Å².